The number of aliphatic hydroxyl groups is 2. The Bertz CT molecular complexity index is 1640. The van der Waals surface area contributed by atoms with E-state index in [1.54, 1.807) is 12.4 Å². The third-order valence-electron chi connectivity index (χ3n) is 11.9. The SMILES string of the molecule is C[C@@H]1CC[C@@H]2C[C@@H]3CC(Cc4ccncc4)=C[C@H]4C(=O)OC(=C34)[C@]2(SC[C@H](NC(=O)CC[C@@](N)(O)C(=O)O)C(=O)N[C@@H](O)C(=O)O)C12CCCC2. The number of fused-ring (bicyclic) bond motifs is 3. The van der Waals surface area contributed by atoms with Crippen molar-refractivity contribution in [2.24, 2.45) is 34.8 Å². The molecule has 15 heteroatoms. The average molecular weight is 727 g/mol. The minimum absolute atomic E-state index is 0.0620. The van der Waals surface area contributed by atoms with Gasteiger partial charge in [-0.1, -0.05) is 31.4 Å². The summed E-state index contributed by atoms with van der Waals surface area (Å²) in [6.07, 6.45) is 10.1. The molecule has 0 aromatic carbocycles. The number of esters is 1. The van der Waals surface area contributed by atoms with Gasteiger partial charge in [0.1, 0.15) is 17.7 Å². The van der Waals surface area contributed by atoms with Crippen molar-refractivity contribution in [2.75, 3.05) is 5.75 Å². The number of thioether (sulfide) groups is 1. The molecule has 14 nitrogen and oxygen atoms in total. The fraction of sp³-hybridized carbons (Fsp3) is 0.611. The van der Waals surface area contributed by atoms with Crippen molar-refractivity contribution in [2.45, 2.75) is 100 Å². The molecular formula is C36H46N4O10S. The van der Waals surface area contributed by atoms with Crippen LogP contribution >= 0.6 is 11.8 Å². The molecule has 2 heterocycles. The monoisotopic (exact) mass is 726 g/mol. The van der Waals surface area contributed by atoms with Crippen molar-refractivity contribution in [3.63, 3.8) is 0 Å². The van der Waals surface area contributed by atoms with Crippen LogP contribution in [0.4, 0.5) is 0 Å². The van der Waals surface area contributed by atoms with Crippen LogP contribution in [-0.4, -0.2) is 83.6 Å². The summed E-state index contributed by atoms with van der Waals surface area (Å²) in [5.41, 5.74) is 5.75. The first-order valence-corrected chi connectivity index (χ1v) is 18.6. The number of aliphatic carboxylic acids is 2. The molecule has 0 radical (unpaired) electrons. The number of pyridine rings is 1. The molecule has 0 saturated heterocycles. The standard InChI is InChI=1S/C36H46N4O10S/c1-19-4-5-23-17-22-15-21(14-20-7-12-38-13-8-20)16-24-27(22)28(50-32(24)46)36(23,34(19)9-2-3-10-34)51-18-25(29(42)40-30(43)31(44)45)39-26(41)6-11-35(37,49)33(47)48/h7-8,12-13,16,19,22-25,30,43,49H,2-6,9-11,14-15,17-18,37H2,1H3,(H,39,41)(H,40,42)(H,44,45)(H,47,48)/t19-,22+,23-,24-,25+,30+,35-,36+/m1/s1. The van der Waals surface area contributed by atoms with E-state index < -0.39 is 65.3 Å². The van der Waals surface area contributed by atoms with Gasteiger partial charge in [0.2, 0.25) is 23.8 Å². The lowest BCUT2D eigenvalue weighted by Crippen LogP contribution is -2.61. The minimum atomic E-state index is -2.68. The number of aliphatic hydroxyl groups excluding tert-OH is 1. The van der Waals surface area contributed by atoms with Crippen LogP contribution in [0.25, 0.3) is 0 Å². The molecule has 0 bridgehead atoms. The van der Waals surface area contributed by atoms with E-state index >= 15 is 0 Å². The molecule has 6 rings (SSSR count). The number of carbonyl (C=O) groups excluding carboxylic acids is 3. The van der Waals surface area contributed by atoms with Crippen molar-refractivity contribution in [3.05, 3.63) is 53.1 Å². The van der Waals surface area contributed by atoms with Crippen LogP contribution in [-0.2, 0) is 35.1 Å². The zero-order chi connectivity index (χ0) is 36.7. The first kappa shape index (κ1) is 37.0. The second-order valence-corrected chi connectivity index (χ2v) is 16.1. The minimum Gasteiger partial charge on any atom is -0.478 e. The van der Waals surface area contributed by atoms with E-state index in [1.807, 2.05) is 23.5 Å². The molecule has 1 aromatic rings. The molecule has 51 heavy (non-hydrogen) atoms. The van der Waals surface area contributed by atoms with Gasteiger partial charge < -0.3 is 35.8 Å². The van der Waals surface area contributed by atoms with Crippen molar-refractivity contribution in [1.29, 1.82) is 0 Å². The van der Waals surface area contributed by atoms with Gasteiger partial charge in [-0.2, -0.15) is 0 Å². The van der Waals surface area contributed by atoms with E-state index in [0.717, 1.165) is 62.5 Å². The molecule has 5 aliphatic rings. The molecule has 2 saturated carbocycles. The zero-order valence-corrected chi connectivity index (χ0v) is 29.3. The van der Waals surface area contributed by atoms with Gasteiger partial charge in [-0.3, -0.25) is 25.1 Å². The molecule has 4 aliphatic carbocycles. The van der Waals surface area contributed by atoms with Crippen LogP contribution in [0, 0.1) is 29.1 Å². The Morgan fingerprint density at radius 1 is 1.14 bits per heavy atom. The van der Waals surface area contributed by atoms with E-state index in [0.29, 0.717) is 12.2 Å². The quantitative estimate of drug-likeness (QED) is 0.0876. The van der Waals surface area contributed by atoms with Crippen LogP contribution in [0.1, 0.15) is 76.7 Å². The molecular weight excluding hydrogens is 680 g/mol. The molecule has 276 valence electrons. The van der Waals surface area contributed by atoms with Crippen molar-refractivity contribution in [3.8, 4) is 0 Å². The maximum atomic E-state index is 13.8. The van der Waals surface area contributed by atoms with Gasteiger partial charge in [0.15, 0.2) is 0 Å². The molecule has 1 spiro atoms. The molecule has 2 fully saturated rings. The second kappa shape index (κ2) is 14.3. The Balaban J connectivity index is 1.36. The lowest BCUT2D eigenvalue weighted by molar-refractivity contribution is -0.159. The van der Waals surface area contributed by atoms with Crippen molar-refractivity contribution < 1.29 is 49.1 Å². The summed E-state index contributed by atoms with van der Waals surface area (Å²) >= 11 is 1.46. The first-order chi connectivity index (χ1) is 24.2. The van der Waals surface area contributed by atoms with Crippen molar-refractivity contribution >= 4 is 41.5 Å². The summed E-state index contributed by atoms with van der Waals surface area (Å²) in [6.45, 7) is 2.24. The number of aromatic nitrogens is 1. The molecule has 8 atom stereocenters. The summed E-state index contributed by atoms with van der Waals surface area (Å²) in [7, 11) is 0. The van der Waals surface area contributed by atoms with Gasteiger partial charge >= 0.3 is 17.9 Å². The molecule has 1 aromatic heterocycles. The highest BCUT2D eigenvalue weighted by atomic mass is 32.2. The molecule has 0 unspecified atom stereocenters. The van der Waals surface area contributed by atoms with Gasteiger partial charge in [0.25, 0.3) is 0 Å². The average Bonchev–Trinajstić information content (AvgIpc) is 3.72. The van der Waals surface area contributed by atoms with Crippen molar-refractivity contribution in [1.82, 2.24) is 15.6 Å². The molecule has 1 aliphatic heterocycles. The highest BCUT2D eigenvalue weighted by Gasteiger charge is 2.68. The Morgan fingerprint density at radius 3 is 2.51 bits per heavy atom. The topological polar surface area (TPSA) is 238 Å². The first-order valence-electron chi connectivity index (χ1n) is 17.6. The maximum absolute atomic E-state index is 13.8. The van der Waals surface area contributed by atoms with Gasteiger partial charge in [-0.05, 0) is 91.4 Å². The number of carbonyl (C=O) groups is 5. The maximum Gasteiger partial charge on any atom is 0.353 e. The summed E-state index contributed by atoms with van der Waals surface area (Å²) in [5, 5.41) is 42.9. The second-order valence-electron chi connectivity index (χ2n) is 14.9. The summed E-state index contributed by atoms with van der Waals surface area (Å²) in [6, 6.07) is 2.58. The summed E-state index contributed by atoms with van der Waals surface area (Å²) in [4.78, 5) is 67.2. The number of carboxylic acids is 2. The van der Waals surface area contributed by atoms with E-state index in [-0.39, 0.29) is 34.9 Å². The number of hydrogen-bond donors (Lipinski definition) is 7. The smallest absolute Gasteiger partial charge is 0.353 e. The van der Waals surface area contributed by atoms with Crippen LogP contribution in [0.5, 0.6) is 0 Å². The van der Waals surface area contributed by atoms with E-state index in [1.165, 1.54) is 17.3 Å². The Labute approximate surface area is 299 Å². The van der Waals surface area contributed by atoms with E-state index in [9.17, 15) is 39.3 Å². The number of carboxylic acid groups (broad SMARTS) is 2. The van der Waals surface area contributed by atoms with Gasteiger partial charge in [0.05, 0.1) is 4.75 Å². The fourth-order valence-corrected chi connectivity index (χ4v) is 11.6. The number of hydrogen-bond acceptors (Lipinski definition) is 11. The largest absolute Gasteiger partial charge is 0.478 e. The highest BCUT2D eigenvalue weighted by molar-refractivity contribution is 8.01. The Morgan fingerprint density at radius 2 is 1.84 bits per heavy atom. The predicted molar refractivity (Wildman–Crippen MR) is 183 cm³/mol. The van der Waals surface area contributed by atoms with Gasteiger partial charge in [0, 0.05) is 31.0 Å². The lowest BCUT2D eigenvalue weighted by atomic mass is 9.50. The summed E-state index contributed by atoms with van der Waals surface area (Å²) in [5.74, 6) is -4.93. The number of allylic oxidation sites excluding steroid dienone is 1. The van der Waals surface area contributed by atoms with Crippen LogP contribution in [0.2, 0.25) is 0 Å². The number of amides is 2. The third kappa shape index (κ3) is 6.80. The molecule has 8 N–H and O–H groups in total. The normalized spacial score (nSPS) is 29.9. The Kier molecular flexibility index (Phi) is 10.4. The Hall–Kier alpha value is -3.79. The van der Waals surface area contributed by atoms with E-state index in [2.05, 4.69) is 17.2 Å². The lowest BCUT2D eigenvalue weighted by Gasteiger charge is -2.61. The molecule has 2 amide bonds. The van der Waals surface area contributed by atoms with Crippen LogP contribution in [0.3, 0.4) is 0 Å². The van der Waals surface area contributed by atoms with E-state index in [4.69, 9.17) is 15.6 Å². The van der Waals surface area contributed by atoms with Crippen LogP contribution < -0.4 is 16.4 Å². The van der Waals surface area contributed by atoms with Crippen LogP contribution in [0.15, 0.2) is 47.5 Å². The number of ether oxygens (including phenoxy) is 1. The number of nitrogens with one attached hydrogen (secondary N) is 2. The van der Waals surface area contributed by atoms with Gasteiger partial charge in [-0.25, -0.2) is 9.59 Å². The zero-order valence-electron chi connectivity index (χ0n) is 28.5. The van der Waals surface area contributed by atoms with Gasteiger partial charge in [-0.15, -0.1) is 11.8 Å². The summed E-state index contributed by atoms with van der Waals surface area (Å²) < 4.78 is 5.70. The number of nitrogens with zero attached hydrogens (tertiary/aromatic N) is 1. The predicted octanol–water partition coefficient (Wildman–Crippen LogP) is 2.00. The third-order valence-corrected chi connectivity index (χ3v) is 13.8. The highest BCUT2D eigenvalue weighted by Crippen LogP contribution is 2.72. The number of rotatable bonds is 13. The number of nitrogens with two attached hydrogens (primary N) is 1. The fourth-order valence-electron chi connectivity index (χ4n) is 9.52.